The van der Waals surface area contributed by atoms with Gasteiger partial charge in [0.15, 0.2) is 0 Å². The number of benzene rings is 2. The summed E-state index contributed by atoms with van der Waals surface area (Å²) in [7, 11) is -4.29. The van der Waals surface area contributed by atoms with Crippen LogP contribution in [0.2, 0.25) is 5.02 Å². The van der Waals surface area contributed by atoms with Crippen LogP contribution in [0.25, 0.3) is 0 Å². The predicted octanol–water partition coefficient (Wildman–Crippen LogP) is 3.54. The van der Waals surface area contributed by atoms with Crippen molar-refractivity contribution in [3.05, 3.63) is 80.4 Å². The third kappa shape index (κ3) is 3.81. The zero-order valence-electron chi connectivity index (χ0n) is 13.1. The SMILES string of the molecule is C=CCN(c1cc([N+](=O)[O-])ccc1Cl)S(=O)(=O)c1cccc([N+](=O)[O-])c1. The molecule has 0 heterocycles. The van der Waals surface area contributed by atoms with E-state index < -0.39 is 25.6 Å². The van der Waals surface area contributed by atoms with Crippen LogP contribution in [0.3, 0.4) is 0 Å². The van der Waals surface area contributed by atoms with E-state index in [1.165, 1.54) is 24.3 Å². The molecule has 136 valence electrons. The fraction of sp³-hybridized carbons (Fsp3) is 0.0667. The molecule has 0 saturated heterocycles. The summed E-state index contributed by atoms with van der Waals surface area (Å²) in [6, 6.07) is 7.82. The fourth-order valence-corrected chi connectivity index (χ4v) is 3.89. The van der Waals surface area contributed by atoms with Crippen molar-refractivity contribution in [2.45, 2.75) is 4.90 Å². The van der Waals surface area contributed by atoms with Gasteiger partial charge in [0, 0.05) is 24.3 Å². The fourth-order valence-electron chi connectivity index (χ4n) is 2.13. The normalized spacial score (nSPS) is 11.0. The molecule has 2 aromatic carbocycles. The molecule has 0 aliphatic rings. The van der Waals surface area contributed by atoms with Crippen LogP contribution in [-0.4, -0.2) is 24.8 Å². The van der Waals surface area contributed by atoms with E-state index in [1.807, 2.05) is 0 Å². The smallest absolute Gasteiger partial charge is 0.261 e. The first kappa shape index (κ1) is 19.3. The molecule has 0 unspecified atom stereocenters. The van der Waals surface area contributed by atoms with E-state index in [0.29, 0.717) is 0 Å². The van der Waals surface area contributed by atoms with Crippen LogP contribution >= 0.6 is 11.6 Å². The number of sulfonamides is 1. The van der Waals surface area contributed by atoms with Crippen LogP contribution in [0.1, 0.15) is 0 Å². The number of anilines is 1. The zero-order valence-corrected chi connectivity index (χ0v) is 14.7. The number of non-ortho nitro benzene ring substituents is 2. The minimum absolute atomic E-state index is 0.0357. The van der Waals surface area contributed by atoms with Gasteiger partial charge in [-0.1, -0.05) is 23.7 Å². The number of nitrogens with zero attached hydrogens (tertiary/aromatic N) is 3. The average Bonchev–Trinajstić information content (AvgIpc) is 2.60. The van der Waals surface area contributed by atoms with Gasteiger partial charge in [-0.05, 0) is 12.1 Å². The number of nitro groups is 2. The molecule has 26 heavy (non-hydrogen) atoms. The second-order valence-electron chi connectivity index (χ2n) is 4.97. The van der Waals surface area contributed by atoms with Crippen molar-refractivity contribution in [1.29, 1.82) is 0 Å². The van der Waals surface area contributed by atoms with E-state index in [4.69, 9.17) is 11.6 Å². The van der Waals surface area contributed by atoms with Crippen molar-refractivity contribution in [3.8, 4) is 0 Å². The molecule has 0 atom stereocenters. The number of halogens is 1. The number of hydrogen-bond acceptors (Lipinski definition) is 6. The van der Waals surface area contributed by atoms with Crippen molar-refractivity contribution in [3.63, 3.8) is 0 Å². The van der Waals surface area contributed by atoms with Crippen LogP contribution in [0, 0.1) is 20.2 Å². The van der Waals surface area contributed by atoms with Crippen molar-refractivity contribution >= 4 is 38.7 Å². The Bertz CT molecular complexity index is 993. The van der Waals surface area contributed by atoms with Crippen molar-refractivity contribution in [2.24, 2.45) is 0 Å². The molecule has 2 aromatic rings. The number of rotatable bonds is 7. The standard InChI is InChI=1S/C15H12ClN3O6S/c1-2-8-17(15-10-12(19(22)23)6-7-14(15)16)26(24,25)13-5-3-4-11(9-13)18(20)21/h2-7,9-10H,1,8H2. The molecule has 0 N–H and O–H groups in total. The molecule has 0 spiro atoms. The van der Waals surface area contributed by atoms with E-state index in [-0.39, 0.29) is 27.8 Å². The topological polar surface area (TPSA) is 124 Å². The third-order valence-electron chi connectivity index (χ3n) is 3.32. The van der Waals surface area contributed by atoms with Crippen molar-refractivity contribution in [2.75, 3.05) is 10.8 Å². The molecular weight excluding hydrogens is 386 g/mol. The minimum Gasteiger partial charge on any atom is -0.261 e. The molecule has 0 radical (unpaired) electrons. The van der Waals surface area contributed by atoms with Crippen LogP contribution < -0.4 is 4.31 Å². The largest absolute Gasteiger partial charge is 0.271 e. The Morgan fingerprint density at radius 1 is 1.08 bits per heavy atom. The van der Waals surface area contributed by atoms with Crippen molar-refractivity contribution in [1.82, 2.24) is 0 Å². The first-order valence-corrected chi connectivity index (χ1v) is 8.82. The van der Waals surface area contributed by atoms with Gasteiger partial charge in [-0.3, -0.25) is 24.5 Å². The highest BCUT2D eigenvalue weighted by Gasteiger charge is 2.28. The molecule has 11 heteroatoms. The molecular formula is C15H12ClN3O6S. The van der Waals surface area contributed by atoms with Gasteiger partial charge in [0.05, 0.1) is 32.0 Å². The second kappa shape index (κ2) is 7.50. The molecule has 0 aromatic heterocycles. The molecule has 0 bridgehead atoms. The highest BCUT2D eigenvalue weighted by atomic mass is 35.5. The average molecular weight is 398 g/mol. The van der Waals surface area contributed by atoms with Crippen LogP contribution in [0.15, 0.2) is 60.0 Å². The maximum absolute atomic E-state index is 13.0. The summed E-state index contributed by atoms with van der Waals surface area (Å²) in [5, 5.41) is 21.9. The first-order valence-electron chi connectivity index (χ1n) is 7.00. The molecule has 2 rings (SSSR count). The van der Waals surface area contributed by atoms with Gasteiger partial charge in [0.2, 0.25) is 0 Å². The Morgan fingerprint density at radius 3 is 2.27 bits per heavy atom. The van der Waals surface area contributed by atoms with Crippen LogP contribution in [-0.2, 0) is 10.0 Å². The summed E-state index contributed by atoms with van der Waals surface area (Å²) in [6.45, 7) is 3.23. The highest BCUT2D eigenvalue weighted by molar-refractivity contribution is 7.92. The Morgan fingerprint density at radius 2 is 1.69 bits per heavy atom. The molecule has 0 fully saturated rings. The molecule has 0 saturated carbocycles. The Labute approximate surface area is 153 Å². The van der Waals surface area contributed by atoms with Crippen molar-refractivity contribution < 1.29 is 18.3 Å². The summed E-state index contributed by atoms with van der Waals surface area (Å²) in [5.41, 5.74) is -0.894. The van der Waals surface area contributed by atoms with E-state index in [0.717, 1.165) is 28.6 Å². The zero-order chi connectivity index (χ0) is 19.5. The lowest BCUT2D eigenvalue weighted by Crippen LogP contribution is -2.31. The summed E-state index contributed by atoms with van der Waals surface area (Å²) >= 11 is 6.04. The minimum atomic E-state index is -4.29. The van der Waals surface area contributed by atoms with E-state index >= 15 is 0 Å². The molecule has 0 aliphatic carbocycles. The van der Waals surface area contributed by atoms with E-state index in [2.05, 4.69) is 6.58 Å². The molecule has 0 aliphatic heterocycles. The van der Waals surface area contributed by atoms with Gasteiger partial charge >= 0.3 is 0 Å². The van der Waals surface area contributed by atoms with Gasteiger partial charge in [-0.25, -0.2) is 8.42 Å². The quantitative estimate of drug-likeness (QED) is 0.400. The van der Waals surface area contributed by atoms with Gasteiger partial charge in [-0.2, -0.15) is 0 Å². The summed E-state index contributed by atoms with van der Waals surface area (Å²) in [6.07, 6.45) is 1.27. The Balaban J connectivity index is 2.65. The third-order valence-corrected chi connectivity index (χ3v) is 5.42. The second-order valence-corrected chi connectivity index (χ2v) is 7.24. The lowest BCUT2D eigenvalue weighted by atomic mass is 10.3. The molecule has 0 amide bonds. The Kier molecular flexibility index (Phi) is 5.58. The molecule has 9 nitrogen and oxygen atoms in total. The van der Waals surface area contributed by atoms with Crippen LogP contribution in [0.4, 0.5) is 17.1 Å². The van der Waals surface area contributed by atoms with Gasteiger partial charge in [0.1, 0.15) is 0 Å². The lowest BCUT2D eigenvalue weighted by molar-refractivity contribution is -0.385. The maximum atomic E-state index is 13.0. The number of hydrogen-bond donors (Lipinski definition) is 0. The highest BCUT2D eigenvalue weighted by Crippen LogP contribution is 2.34. The van der Waals surface area contributed by atoms with E-state index in [9.17, 15) is 28.6 Å². The summed E-state index contributed by atoms with van der Waals surface area (Å²) in [4.78, 5) is 20.1. The lowest BCUT2D eigenvalue weighted by Gasteiger charge is -2.23. The van der Waals surface area contributed by atoms with Gasteiger partial charge in [0.25, 0.3) is 21.4 Å². The monoisotopic (exact) mass is 397 g/mol. The maximum Gasteiger partial charge on any atom is 0.271 e. The Hall–Kier alpha value is -2.98. The van der Waals surface area contributed by atoms with Crippen LogP contribution in [0.5, 0.6) is 0 Å². The van der Waals surface area contributed by atoms with Gasteiger partial charge in [-0.15, -0.1) is 6.58 Å². The number of nitro benzene ring substituents is 2. The first-order chi connectivity index (χ1) is 12.2. The summed E-state index contributed by atoms with van der Waals surface area (Å²) < 4.78 is 26.7. The predicted molar refractivity (Wildman–Crippen MR) is 95.9 cm³/mol. The van der Waals surface area contributed by atoms with Gasteiger partial charge < -0.3 is 0 Å². The van der Waals surface area contributed by atoms with E-state index in [1.54, 1.807) is 0 Å². The summed E-state index contributed by atoms with van der Waals surface area (Å²) in [5.74, 6) is 0.